The minimum Gasteiger partial charge on any atom is -0.459 e. The molecule has 0 aromatic heterocycles. The van der Waals surface area contributed by atoms with Gasteiger partial charge in [0.15, 0.2) is 0 Å². The van der Waals surface area contributed by atoms with Crippen LogP contribution in [0.1, 0.15) is 41.0 Å². The molecule has 1 aliphatic rings. The smallest absolute Gasteiger partial charge is 0.325 e. The van der Waals surface area contributed by atoms with Gasteiger partial charge in [0.25, 0.3) is 0 Å². The highest BCUT2D eigenvalue weighted by Gasteiger charge is 2.44. The summed E-state index contributed by atoms with van der Waals surface area (Å²) >= 11 is 0. The molecule has 0 aromatic carbocycles. The monoisotopic (exact) mass is 199 g/mol. The van der Waals surface area contributed by atoms with Gasteiger partial charge in [-0.15, -0.1) is 0 Å². The Balaban J connectivity index is 2.29. The van der Waals surface area contributed by atoms with E-state index in [0.717, 1.165) is 6.42 Å². The normalized spacial score (nSPS) is 26.4. The lowest BCUT2D eigenvalue weighted by molar-refractivity contribution is -0.154. The van der Waals surface area contributed by atoms with Crippen LogP contribution in [-0.2, 0) is 9.53 Å². The molecule has 1 fully saturated rings. The zero-order chi connectivity index (χ0) is 10.9. The van der Waals surface area contributed by atoms with Crippen LogP contribution in [-0.4, -0.2) is 23.7 Å². The van der Waals surface area contributed by atoms with Gasteiger partial charge in [-0.2, -0.15) is 0 Å². The molecule has 3 heteroatoms. The first-order valence-electron chi connectivity index (χ1n) is 5.28. The van der Waals surface area contributed by atoms with Crippen molar-refractivity contribution in [2.45, 2.75) is 58.7 Å². The summed E-state index contributed by atoms with van der Waals surface area (Å²) in [4.78, 5) is 11.5. The average Bonchev–Trinajstić information content (AvgIpc) is 2.61. The van der Waals surface area contributed by atoms with E-state index in [1.54, 1.807) is 0 Å². The minimum absolute atomic E-state index is 0.0587. The maximum absolute atomic E-state index is 11.5. The van der Waals surface area contributed by atoms with E-state index in [9.17, 15) is 4.79 Å². The van der Waals surface area contributed by atoms with Crippen LogP contribution in [0.25, 0.3) is 0 Å². The third-order valence-corrected chi connectivity index (χ3v) is 2.07. The van der Waals surface area contributed by atoms with Gasteiger partial charge in [-0.1, -0.05) is 13.8 Å². The second kappa shape index (κ2) is 3.89. The molecule has 1 N–H and O–H groups in total. The van der Waals surface area contributed by atoms with Gasteiger partial charge < -0.3 is 4.74 Å². The summed E-state index contributed by atoms with van der Waals surface area (Å²) in [6.45, 7) is 10.00. The van der Waals surface area contributed by atoms with Crippen molar-refractivity contribution in [1.82, 2.24) is 5.32 Å². The lowest BCUT2D eigenvalue weighted by atomic mass is 10.1. The molecule has 0 amide bonds. The third-order valence-electron chi connectivity index (χ3n) is 2.07. The molecule has 1 aliphatic heterocycles. The van der Waals surface area contributed by atoms with Crippen LogP contribution in [0, 0.1) is 5.92 Å². The standard InChI is InChI=1S/C11H21NO2/c1-7(2)6-8-9(12-8)10(13)14-11(3,4)5/h7-9,12H,6H2,1-5H3/t8-,9+/m1/s1. The van der Waals surface area contributed by atoms with Crippen molar-refractivity contribution in [3.05, 3.63) is 0 Å². The van der Waals surface area contributed by atoms with E-state index in [-0.39, 0.29) is 17.6 Å². The number of nitrogens with one attached hydrogen (secondary N) is 1. The Hall–Kier alpha value is -0.570. The van der Waals surface area contributed by atoms with Gasteiger partial charge in [0.1, 0.15) is 11.6 Å². The summed E-state index contributed by atoms with van der Waals surface area (Å²) in [5.41, 5.74) is -0.371. The minimum atomic E-state index is -0.371. The molecule has 0 saturated carbocycles. The maximum atomic E-state index is 11.5. The Morgan fingerprint density at radius 3 is 2.43 bits per heavy atom. The third kappa shape index (κ3) is 3.66. The van der Waals surface area contributed by atoms with Crippen molar-refractivity contribution in [1.29, 1.82) is 0 Å². The number of rotatable bonds is 3. The summed E-state index contributed by atoms with van der Waals surface area (Å²) < 4.78 is 5.27. The number of esters is 1. The van der Waals surface area contributed by atoms with Crippen LogP contribution in [0.15, 0.2) is 0 Å². The lowest BCUT2D eigenvalue weighted by Gasteiger charge is -2.19. The van der Waals surface area contributed by atoms with Gasteiger partial charge in [0, 0.05) is 6.04 Å². The van der Waals surface area contributed by atoms with E-state index in [4.69, 9.17) is 4.74 Å². The van der Waals surface area contributed by atoms with Crippen molar-refractivity contribution >= 4 is 5.97 Å². The first-order valence-corrected chi connectivity index (χ1v) is 5.28. The van der Waals surface area contributed by atoms with Crippen LogP contribution in [0.2, 0.25) is 0 Å². The molecule has 0 radical (unpaired) electrons. The van der Waals surface area contributed by atoms with E-state index < -0.39 is 0 Å². The highest BCUT2D eigenvalue weighted by Crippen LogP contribution is 2.22. The molecule has 0 aliphatic carbocycles. The molecule has 82 valence electrons. The molecule has 0 unspecified atom stereocenters. The fourth-order valence-electron chi connectivity index (χ4n) is 1.48. The molecule has 0 bridgehead atoms. The first-order chi connectivity index (χ1) is 6.29. The van der Waals surface area contributed by atoms with Gasteiger partial charge >= 0.3 is 5.97 Å². The van der Waals surface area contributed by atoms with Gasteiger partial charge in [0.2, 0.25) is 0 Å². The highest BCUT2D eigenvalue weighted by atomic mass is 16.6. The van der Waals surface area contributed by atoms with Crippen LogP contribution in [0.4, 0.5) is 0 Å². The number of carbonyl (C=O) groups excluding carboxylic acids is 1. The molecule has 1 rings (SSSR count). The Kier molecular flexibility index (Phi) is 3.20. The van der Waals surface area contributed by atoms with Gasteiger partial charge in [-0.3, -0.25) is 10.1 Å². The summed E-state index contributed by atoms with van der Waals surface area (Å²) in [5, 5.41) is 3.15. The van der Waals surface area contributed by atoms with Crippen molar-refractivity contribution in [2.75, 3.05) is 0 Å². The number of ether oxygens (including phenoxy) is 1. The second-order valence-electron chi connectivity index (χ2n) is 5.41. The second-order valence-corrected chi connectivity index (χ2v) is 5.41. The first kappa shape index (κ1) is 11.5. The summed E-state index contributed by atoms with van der Waals surface area (Å²) in [6.07, 6.45) is 1.05. The van der Waals surface area contributed by atoms with E-state index in [1.807, 2.05) is 20.8 Å². The zero-order valence-electron chi connectivity index (χ0n) is 9.76. The zero-order valence-corrected chi connectivity index (χ0v) is 9.76. The van der Waals surface area contributed by atoms with Crippen molar-refractivity contribution in [2.24, 2.45) is 5.92 Å². The molecule has 3 nitrogen and oxygen atoms in total. The lowest BCUT2D eigenvalue weighted by Crippen LogP contribution is -2.28. The van der Waals surface area contributed by atoms with Crippen LogP contribution < -0.4 is 5.32 Å². The van der Waals surface area contributed by atoms with Crippen molar-refractivity contribution < 1.29 is 9.53 Å². The molecular weight excluding hydrogens is 178 g/mol. The number of hydrogen-bond acceptors (Lipinski definition) is 3. The molecule has 2 atom stereocenters. The van der Waals surface area contributed by atoms with Gasteiger partial charge in [-0.05, 0) is 33.1 Å². The number of hydrogen-bond donors (Lipinski definition) is 1. The van der Waals surface area contributed by atoms with Crippen molar-refractivity contribution in [3.8, 4) is 0 Å². The van der Waals surface area contributed by atoms with Crippen LogP contribution in [0.5, 0.6) is 0 Å². The Bertz CT molecular complexity index is 218. The summed E-state index contributed by atoms with van der Waals surface area (Å²) in [6, 6.07) is 0.279. The Labute approximate surface area is 86.2 Å². The molecule has 0 aromatic rings. The SMILES string of the molecule is CC(C)C[C@H]1N[C@@H]1C(=O)OC(C)(C)C. The average molecular weight is 199 g/mol. The fraction of sp³-hybridized carbons (Fsp3) is 0.909. The quantitative estimate of drug-likeness (QED) is 0.556. The maximum Gasteiger partial charge on any atom is 0.325 e. The molecular formula is C11H21NO2. The van der Waals surface area contributed by atoms with E-state index in [1.165, 1.54) is 0 Å². The van der Waals surface area contributed by atoms with Crippen molar-refractivity contribution in [3.63, 3.8) is 0 Å². The van der Waals surface area contributed by atoms with E-state index in [2.05, 4.69) is 19.2 Å². The molecule has 1 heterocycles. The van der Waals surface area contributed by atoms with Gasteiger partial charge in [0.05, 0.1) is 0 Å². The van der Waals surface area contributed by atoms with E-state index >= 15 is 0 Å². The van der Waals surface area contributed by atoms with Crippen LogP contribution >= 0.6 is 0 Å². The number of carbonyl (C=O) groups is 1. The highest BCUT2D eigenvalue weighted by molar-refractivity contribution is 5.80. The molecule has 14 heavy (non-hydrogen) atoms. The van der Waals surface area contributed by atoms with Crippen LogP contribution in [0.3, 0.4) is 0 Å². The fourth-order valence-corrected chi connectivity index (χ4v) is 1.48. The van der Waals surface area contributed by atoms with E-state index in [0.29, 0.717) is 12.0 Å². The summed E-state index contributed by atoms with van der Waals surface area (Å²) in [7, 11) is 0. The Morgan fingerprint density at radius 2 is 2.00 bits per heavy atom. The molecule has 1 saturated heterocycles. The molecule has 0 spiro atoms. The predicted octanol–water partition coefficient (Wildman–Crippen LogP) is 1.71. The van der Waals surface area contributed by atoms with Gasteiger partial charge in [-0.25, -0.2) is 0 Å². The Morgan fingerprint density at radius 1 is 1.43 bits per heavy atom. The predicted molar refractivity (Wildman–Crippen MR) is 56.0 cm³/mol. The largest absolute Gasteiger partial charge is 0.459 e. The summed E-state index contributed by atoms with van der Waals surface area (Å²) in [5.74, 6) is 0.517. The topological polar surface area (TPSA) is 48.2 Å².